The molecule has 0 aliphatic carbocycles. The molecule has 0 aromatic carbocycles. The maximum Gasteiger partial charge on any atom is 0.174 e. The van der Waals surface area contributed by atoms with E-state index in [1.807, 2.05) is 20.9 Å². The number of rotatable bonds is 5. The highest BCUT2D eigenvalue weighted by Gasteiger charge is 2.20. The van der Waals surface area contributed by atoms with Crippen LogP contribution in [0.3, 0.4) is 0 Å². The predicted molar refractivity (Wildman–Crippen MR) is 63.1 cm³/mol. The van der Waals surface area contributed by atoms with Gasteiger partial charge < -0.3 is 5.32 Å². The van der Waals surface area contributed by atoms with Crippen LogP contribution in [0.2, 0.25) is 0 Å². The van der Waals surface area contributed by atoms with Gasteiger partial charge >= 0.3 is 0 Å². The highest BCUT2D eigenvalue weighted by atomic mass is 32.2. The molecule has 1 heterocycles. The molecule has 15 heavy (non-hydrogen) atoms. The average Bonchev–Trinajstić information content (AvgIpc) is 2.64. The summed E-state index contributed by atoms with van der Waals surface area (Å²) < 4.78 is 0.976. The van der Waals surface area contributed by atoms with Crippen molar-refractivity contribution in [2.24, 2.45) is 0 Å². The SMILES string of the molecule is CNC(C)(C#N)CCSc1nnc(C)s1. The van der Waals surface area contributed by atoms with Gasteiger partial charge in [-0.25, -0.2) is 0 Å². The summed E-state index contributed by atoms with van der Waals surface area (Å²) in [4.78, 5) is 0. The maximum absolute atomic E-state index is 8.94. The normalized spacial score (nSPS) is 14.5. The fourth-order valence-electron chi connectivity index (χ4n) is 0.916. The second kappa shape index (κ2) is 5.45. The Balaban J connectivity index is 2.37. The number of aromatic nitrogens is 2. The zero-order chi connectivity index (χ0) is 11.3. The summed E-state index contributed by atoms with van der Waals surface area (Å²) in [5, 5.41) is 20.9. The first-order chi connectivity index (χ1) is 7.09. The number of thioether (sulfide) groups is 1. The Morgan fingerprint density at radius 1 is 1.60 bits per heavy atom. The molecule has 0 saturated heterocycles. The predicted octanol–water partition coefficient (Wildman–Crippen LogP) is 1.83. The molecule has 0 aliphatic heterocycles. The molecule has 0 radical (unpaired) electrons. The molecule has 0 amide bonds. The molecule has 0 bridgehead atoms. The maximum atomic E-state index is 8.94. The molecule has 1 unspecified atom stereocenters. The smallest absolute Gasteiger partial charge is 0.174 e. The standard InChI is InChI=1S/C9H14N4S2/c1-7-12-13-8(15-7)14-5-4-9(2,6-10)11-3/h11H,4-5H2,1-3H3. The van der Waals surface area contributed by atoms with Crippen LogP contribution in [0.25, 0.3) is 0 Å². The van der Waals surface area contributed by atoms with Crippen LogP contribution in [-0.4, -0.2) is 28.5 Å². The van der Waals surface area contributed by atoms with Gasteiger partial charge in [-0.3, -0.25) is 0 Å². The second-order valence-corrected chi connectivity index (χ2v) is 5.90. The summed E-state index contributed by atoms with van der Waals surface area (Å²) in [7, 11) is 1.81. The largest absolute Gasteiger partial charge is 0.303 e. The molecule has 0 spiro atoms. The lowest BCUT2D eigenvalue weighted by atomic mass is 10.0. The van der Waals surface area contributed by atoms with Gasteiger partial charge in [0, 0.05) is 5.75 Å². The molecular formula is C9H14N4S2. The van der Waals surface area contributed by atoms with Crippen molar-refractivity contribution >= 4 is 23.1 Å². The van der Waals surface area contributed by atoms with E-state index >= 15 is 0 Å². The van der Waals surface area contributed by atoms with Crippen molar-refractivity contribution in [3.8, 4) is 6.07 Å². The zero-order valence-electron chi connectivity index (χ0n) is 9.07. The van der Waals surface area contributed by atoms with Crippen molar-refractivity contribution in [1.82, 2.24) is 15.5 Å². The Morgan fingerprint density at radius 2 is 2.33 bits per heavy atom. The lowest BCUT2D eigenvalue weighted by Gasteiger charge is -2.19. The van der Waals surface area contributed by atoms with E-state index in [0.29, 0.717) is 0 Å². The minimum atomic E-state index is -0.438. The van der Waals surface area contributed by atoms with Crippen LogP contribution in [0.5, 0.6) is 0 Å². The van der Waals surface area contributed by atoms with Crippen molar-refractivity contribution < 1.29 is 0 Å². The first-order valence-corrected chi connectivity index (χ1v) is 6.43. The average molecular weight is 242 g/mol. The minimum Gasteiger partial charge on any atom is -0.303 e. The molecule has 1 N–H and O–H groups in total. The van der Waals surface area contributed by atoms with Crippen molar-refractivity contribution in [3.05, 3.63) is 5.01 Å². The summed E-state index contributed by atoms with van der Waals surface area (Å²) in [6.45, 7) is 3.84. The molecule has 4 nitrogen and oxygen atoms in total. The minimum absolute atomic E-state index is 0.438. The van der Waals surface area contributed by atoms with Crippen LogP contribution in [0.15, 0.2) is 4.34 Å². The lowest BCUT2D eigenvalue weighted by molar-refractivity contribution is 0.479. The van der Waals surface area contributed by atoms with E-state index < -0.39 is 5.54 Å². The van der Waals surface area contributed by atoms with Gasteiger partial charge in [-0.05, 0) is 27.3 Å². The number of nitriles is 1. The molecule has 0 aliphatic rings. The third kappa shape index (κ3) is 3.78. The van der Waals surface area contributed by atoms with Crippen LogP contribution in [0.4, 0.5) is 0 Å². The van der Waals surface area contributed by atoms with E-state index in [1.54, 1.807) is 23.1 Å². The summed E-state index contributed by atoms with van der Waals surface area (Å²) in [5.74, 6) is 0.875. The van der Waals surface area contributed by atoms with E-state index in [0.717, 1.165) is 21.5 Å². The zero-order valence-corrected chi connectivity index (χ0v) is 10.7. The number of aryl methyl sites for hydroxylation is 1. The number of hydrogen-bond donors (Lipinski definition) is 1. The van der Waals surface area contributed by atoms with Gasteiger partial charge in [0.2, 0.25) is 0 Å². The van der Waals surface area contributed by atoms with Gasteiger partial charge in [-0.15, -0.1) is 10.2 Å². The van der Waals surface area contributed by atoms with Crippen LogP contribution in [-0.2, 0) is 0 Å². The number of nitrogens with one attached hydrogen (secondary N) is 1. The second-order valence-electron chi connectivity index (χ2n) is 3.38. The third-order valence-electron chi connectivity index (χ3n) is 2.13. The van der Waals surface area contributed by atoms with Crippen LogP contribution >= 0.6 is 23.1 Å². The van der Waals surface area contributed by atoms with Gasteiger partial charge in [-0.1, -0.05) is 23.1 Å². The first kappa shape index (κ1) is 12.4. The van der Waals surface area contributed by atoms with Gasteiger partial charge in [0.1, 0.15) is 10.5 Å². The van der Waals surface area contributed by atoms with Crippen LogP contribution in [0, 0.1) is 18.3 Å². The highest BCUT2D eigenvalue weighted by Crippen LogP contribution is 2.24. The Bertz CT molecular complexity index is 357. The summed E-state index contributed by atoms with van der Waals surface area (Å²) >= 11 is 3.24. The molecule has 82 valence electrons. The van der Waals surface area contributed by atoms with E-state index in [9.17, 15) is 0 Å². The van der Waals surface area contributed by atoms with Gasteiger partial charge in [0.05, 0.1) is 6.07 Å². The monoisotopic (exact) mass is 242 g/mol. The molecule has 0 saturated carbocycles. The van der Waals surface area contributed by atoms with E-state index in [2.05, 4.69) is 21.6 Å². The lowest BCUT2D eigenvalue weighted by Crippen LogP contribution is -2.38. The summed E-state index contributed by atoms with van der Waals surface area (Å²) in [5.41, 5.74) is -0.438. The van der Waals surface area contributed by atoms with E-state index in [1.165, 1.54) is 0 Å². The van der Waals surface area contributed by atoms with Crippen LogP contribution < -0.4 is 5.32 Å². The topological polar surface area (TPSA) is 61.6 Å². The summed E-state index contributed by atoms with van der Waals surface area (Å²) in [6.07, 6.45) is 0.795. The first-order valence-electron chi connectivity index (χ1n) is 4.63. The summed E-state index contributed by atoms with van der Waals surface area (Å²) in [6, 6.07) is 2.26. The number of nitrogens with zero attached hydrogens (tertiary/aromatic N) is 3. The third-order valence-corrected chi connectivity index (χ3v) is 4.11. The Morgan fingerprint density at radius 3 is 2.80 bits per heavy atom. The van der Waals surface area contributed by atoms with Crippen molar-refractivity contribution in [2.75, 3.05) is 12.8 Å². The Kier molecular flexibility index (Phi) is 4.51. The molecular weight excluding hydrogens is 228 g/mol. The van der Waals surface area contributed by atoms with Crippen molar-refractivity contribution in [1.29, 1.82) is 5.26 Å². The van der Waals surface area contributed by atoms with Gasteiger partial charge in [-0.2, -0.15) is 5.26 Å². The molecule has 1 aromatic rings. The van der Waals surface area contributed by atoms with E-state index in [-0.39, 0.29) is 0 Å². The Hall–Kier alpha value is -0.640. The highest BCUT2D eigenvalue weighted by molar-refractivity contribution is 8.01. The van der Waals surface area contributed by atoms with Gasteiger partial charge in [0.25, 0.3) is 0 Å². The molecule has 1 rings (SSSR count). The van der Waals surface area contributed by atoms with Crippen molar-refractivity contribution in [2.45, 2.75) is 30.1 Å². The fraction of sp³-hybridized carbons (Fsp3) is 0.667. The quantitative estimate of drug-likeness (QED) is 0.798. The van der Waals surface area contributed by atoms with Crippen LogP contribution in [0.1, 0.15) is 18.4 Å². The molecule has 0 fully saturated rings. The molecule has 1 atom stereocenters. The Labute approximate surface area is 98.1 Å². The molecule has 1 aromatic heterocycles. The van der Waals surface area contributed by atoms with E-state index in [4.69, 9.17) is 5.26 Å². The fourth-order valence-corrected chi connectivity index (χ4v) is 2.96. The van der Waals surface area contributed by atoms with Crippen molar-refractivity contribution in [3.63, 3.8) is 0 Å². The molecule has 6 heteroatoms. The number of hydrogen-bond acceptors (Lipinski definition) is 6. The van der Waals surface area contributed by atoms with Gasteiger partial charge in [0.15, 0.2) is 4.34 Å².